The molecule has 0 fully saturated rings. The summed E-state index contributed by atoms with van der Waals surface area (Å²) in [7, 11) is 0. The van der Waals surface area contributed by atoms with Crippen LogP contribution in [0.1, 0.15) is 5.56 Å². The molecule has 0 atom stereocenters. The zero-order valence-electron chi connectivity index (χ0n) is 9.93. The van der Waals surface area contributed by atoms with Gasteiger partial charge < -0.3 is 4.79 Å². The fourth-order valence-electron chi connectivity index (χ4n) is 1.44. The minimum atomic E-state index is -0.391. The smallest absolute Gasteiger partial charge is 0.273 e. The van der Waals surface area contributed by atoms with Crippen molar-refractivity contribution in [1.82, 2.24) is 20.6 Å². The van der Waals surface area contributed by atoms with Crippen LogP contribution in [0, 0.1) is 0 Å². The van der Waals surface area contributed by atoms with Gasteiger partial charge in [-0.3, -0.25) is 9.69 Å². The minimum Gasteiger partial charge on any atom is -0.301 e. The number of carbonyl (C=O) groups excluding carboxylic acids is 2. The average molecular weight is 257 g/mol. The van der Waals surface area contributed by atoms with E-state index >= 15 is 0 Å². The van der Waals surface area contributed by atoms with E-state index in [1.54, 1.807) is 6.08 Å². The first-order valence-electron chi connectivity index (χ1n) is 5.53. The first-order chi connectivity index (χ1) is 9.31. The highest BCUT2D eigenvalue weighted by atomic mass is 16.2. The lowest BCUT2D eigenvalue weighted by Crippen LogP contribution is -2.32. The van der Waals surface area contributed by atoms with Crippen LogP contribution in [0.2, 0.25) is 0 Å². The number of rotatable bonds is 5. The van der Waals surface area contributed by atoms with E-state index in [0.29, 0.717) is 6.29 Å². The monoisotopic (exact) mass is 257 g/mol. The van der Waals surface area contributed by atoms with E-state index in [4.69, 9.17) is 0 Å². The zero-order valence-corrected chi connectivity index (χ0v) is 9.93. The number of anilines is 1. The molecular formula is C12H11N5O2. The Morgan fingerprint density at radius 3 is 2.74 bits per heavy atom. The summed E-state index contributed by atoms with van der Waals surface area (Å²) in [6.45, 7) is -0.127. The molecule has 96 valence electrons. The zero-order chi connectivity index (χ0) is 13.5. The van der Waals surface area contributed by atoms with Crippen molar-refractivity contribution < 1.29 is 9.59 Å². The number of amides is 1. The maximum atomic E-state index is 12.0. The fraction of sp³-hybridized carbons (Fsp3) is 0.0833. The van der Waals surface area contributed by atoms with Gasteiger partial charge >= 0.3 is 0 Å². The molecule has 0 bridgehead atoms. The van der Waals surface area contributed by atoms with Crippen LogP contribution in [0.3, 0.4) is 0 Å². The molecule has 2 rings (SSSR count). The molecule has 0 aliphatic carbocycles. The van der Waals surface area contributed by atoms with Gasteiger partial charge in [0.05, 0.1) is 6.54 Å². The average Bonchev–Trinajstić information content (AvgIpc) is 2.97. The Kier molecular flexibility index (Phi) is 4.12. The topological polar surface area (TPSA) is 91.8 Å². The molecule has 0 spiro atoms. The summed E-state index contributed by atoms with van der Waals surface area (Å²) >= 11 is 0. The van der Waals surface area contributed by atoms with E-state index in [2.05, 4.69) is 20.6 Å². The van der Waals surface area contributed by atoms with Crippen molar-refractivity contribution in [3.05, 3.63) is 42.0 Å². The number of benzene rings is 1. The fourth-order valence-corrected chi connectivity index (χ4v) is 1.44. The van der Waals surface area contributed by atoms with Crippen LogP contribution < -0.4 is 4.90 Å². The summed E-state index contributed by atoms with van der Waals surface area (Å²) in [6.07, 6.45) is 3.61. The van der Waals surface area contributed by atoms with Gasteiger partial charge in [0.1, 0.15) is 6.29 Å². The van der Waals surface area contributed by atoms with Gasteiger partial charge in [0.15, 0.2) is 0 Å². The van der Waals surface area contributed by atoms with E-state index < -0.39 is 5.91 Å². The third-order valence-corrected chi connectivity index (χ3v) is 2.32. The van der Waals surface area contributed by atoms with Gasteiger partial charge in [-0.25, -0.2) is 0 Å². The van der Waals surface area contributed by atoms with Gasteiger partial charge in [-0.05, 0) is 16.9 Å². The van der Waals surface area contributed by atoms with Crippen LogP contribution in [0.4, 0.5) is 5.95 Å². The molecule has 1 amide bonds. The van der Waals surface area contributed by atoms with E-state index in [-0.39, 0.29) is 12.5 Å². The number of hydrogen-bond acceptors (Lipinski definition) is 5. The highest BCUT2D eigenvalue weighted by Crippen LogP contribution is 2.06. The van der Waals surface area contributed by atoms with Gasteiger partial charge in [0.2, 0.25) is 0 Å². The maximum Gasteiger partial charge on any atom is 0.273 e. The Morgan fingerprint density at radius 2 is 2.11 bits per heavy atom. The summed E-state index contributed by atoms with van der Waals surface area (Å²) in [4.78, 5) is 23.7. The molecule has 1 heterocycles. The number of aldehydes is 1. The predicted molar refractivity (Wildman–Crippen MR) is 68.1 cm³/mol. The second kappa shape index (κ2) is 6.20. The Morgan fingerprint density at radius 1 is 1.32 bits per heavy atom. The Hall–Kier alpha value is -2.83. The van der Waals surface area contributed by atoms with Crippen LogP contribution in [0.5, 0.6) is 0 Å². The van der Waals surface area contributed by atoms with Crippen molar-refractivity contribution >= 4 is 24.2 Å². The molecule has 0 radical (unpaired) electrons. The van der Waals surface area contributed by atoms with Crippen LogP contribution in [-0.4, -0.2) is 39.4 Å². The first kappa shape index (κ1) is 12.6. The number of H-pyrrole nitrogens is 1. The minimum absolute atomic E-state index is 0.0646. The van der Waals surface area contributed by atoms with E-state index in [9.17, 15) is 9.59 Å². The number of tetrazole rings is 1. The van der Waals surface area contributed by atoms with Crippen molar-refractivity contribution in [2.45, 2.75) is 0 Å². The molecule has 1 aromatic heterocycles. The van der Waals surface area contributed by atoms with Crippen LogP contribution >= 0.6 is 0 Å². The van der Waals surface area contributed by atoms with Gasteiger partial charge in [0.25, 0.3) is 11.9 Å². The maximum absolute atomic E-state index is 12.0. The van der Waals surface area contributed by atoms with Gasteiger partial charge in [-0.2, -0.15) is 5.21 Å². The summed E-state index contributed by atoms with van der Waals surface area (Å²) in [5.74, 6) is -0.327. The van der Waals surface area contributed by atoms with Gasteiger partial charge in [-0.1, -0.05) is 35.4 Å². The summed E-state index contributed by atoms with van der Waals surface area (Å²) in [5.41, 5.74) is 0.884. The molecule has 19 heavy (non-hydrogen) atoms. The number of hydrogen-bond donors (Lipinski definition) is 1. The summed E-state index contributed by atoms with van der Waals surface area (Å²) in [6, 6.07) is 9.35. The molecule has 7 heteroatoms. The molecular weight excluding hydrogens is 246 g/mol. The molecule has 0 saturated heterocycles. The van der Waals surface area contributed by atoms with Gasteiger partial charge in [-0.15, -0.1) is 5.10 Å². The van der Waals surface area contributed by atoms with Gasteiger partial charge in [0, 0.05) is 6.08 Å². The molecule has 0 aliphatic rings. The first-order valence-corrected chi connectivity index (χ1v) is 5.53. The predicted octanol–water partition coefficient (Wildman–Crippen LogP) is 0.445. The standard InChI is InChI=1S/C12H11N5O2/c18-9-8-17(12-13-15-16-14-12)11(19)7-6-10-4-2-1-3-5-10/h1-7,9H,8H2,(H,13,14,15,16). The number of carbonyl (C=O) groups is 2. The van der Waals surface area contributed by atoms with Crippen molar-refractivity contribution in [1.29, 1.82) is 0 Å². The Balaban J connectivity index is 2.12. The number of aromatic nitrogens is 4. The quantitative estimate of drug-likeness (QED) is 0.620. The Bertz CT molecular complexity index is 565. The Labute approximate surface area is 108 Å². The van der Waals surface area contributed by atoms with Crippen molar-refractivity contribution in [2.24, 2.45) is 0 Å². The number of nitrogens with zero attached hydrogens (tertiary/aromatic N) is 4. The number of nitrogens with one attached hydrogen (secondary N) is 1. The third kappa shape index (κ3) is 3.32. The number of aromatic amines is 1. The van der Waals surface area contributed by atoms with Crippen LogP contribution in [0.15, 0.2) is 36.4 Å². The highest BCUT2D eigenvalue weighted by molar-refractivity contribution is 6.04. The normalized spacial score (nSPS) is 10.5. The molecule has 1 N–H and O–H groups in total. The van der Waals surface area contributed by atoms with Crippen molar-refractivity contribution in [3.8, 4) is 0 Å². The highest BCUT2D eigenvalue weighted by Gasteiger charge is 2.16. The van der Waals surface area contributed by atoms with E-state index in [0.717, 1.165) is 10.5 Å². The molecule has 0 unspecified atom stereocenters. The third-order valence-electron chi connectivity index (χ3n) is 2.32. The molecule has 2 aromatic rings. The van der Waals surface area contributed by atoms with E-state index in [1.165, 1.54) is 6.08 Å². The largest absolute Gasteiger partial charge is 0.301 e. The lowest BCUT2D eigenvalue weighted by molar-refractivity contribution is -0.116. The molecule has 0 saturated carbocycles. The summed E-state index contributed by atoms with van der Waals surface area (Å²) in [5, 5.41) is 12.9. The summed E-state index contributed by atoms with van der Waals surface area (Å²) < 4.78 is 0. The van der Waals surface area contributed by atoms with Crippen molar-refractivity contribution in [2.75, 3.05) is 11.4 Å². The molecule has 7 nitrogen and oxygen atoms in total. The van der Waals surface area contributed by atoms with E-state index in [1.807, 2.05) is 30.3 Å². The SMILES string of the molecule is O=CCN(C(=O)C=Cc1ccccc1)c1nn[nH]n1. The second-order valence-electron chi connectivity index (χ2n) is 3.57. The molecule has 0 aliphatic heterocycles. The lowest BCUT2D eigenvalue weighted by Gasteiger charge is -2.12. The second-order valence-corrected chi connectivity index (χ2v) is 3.57. The van der Waals surface area contributed by atoms with Crippen LogP contribution in [-0.2, 0) is 9.59 Å². The van der Waals surface area contributed by atoms with Crippen molar-refractivity contribution in [3.63, 3.8) is 0 Å². The van der Waals surface area contributed by atoms with Crippen LogP contribution in [0.25, 0.3) is 6.08 Å². The molecule has 1 aromatic carbocycles. The lowest BCUT2D eigenvalue weighted by atomic mass is 10.2.